The molecule has 2 aromatic carbocycles. The summed E-state index contributed by atoms with van der Waals surface area (Å²) in [5.74, 6) is 0.712. The van der Waals surface area contributed by atoms with Crippen molar-refractivity contribution in [3.05, 3.63) is 52.5 Å². The van der Waals surface area contributed by atoms with Gasteiger partial charge < -0.3 is 14.7 Å². The number of hydrogen-bond donors (Lipinski definition) is 1. The number of rotatable bonds is 6. The third-order valence-corrected chi connectivity index (χ3v) is 6.27. The molecule has 0 radical (unpaired) electrons. The first-order chi connectivity index (χ1) is 13.6. The average molecular weight is 438 g/mol. The van der Waals surface area contributed by atoms with Crippen LogP contribution in [0.4, 0.5) is 5.13 Å². The topological polar surface area (TPSA) is 48.8 Å². The van der Waals surface area contributed by atoms with Gasteiger partial charge in [-0.3, -0.25) is 4.90 Å². The Kier molecular flexibility index (Phi) is 6.23. The molecule has 1 saturated heterocycles. The van der Waals surface area contributed by atoms with Crippen LogP contribution < -0.4 is 9.64 Å². The van der Waals surface area contributed by atoms with E-state index >= 15 is 0 Å². The molecule has 1 aliphatic heterocycles. The molecule has 8 heteroatoms. The predicted octanol–water partition coefficient (Wildman–Crippen LogP) is 4.17. The van der Waals surface area contributed by atoms with Crippen LogP contribution in [0.5, 0.6) is 5.75 Å². The van der Waals surface area contributed by atoms with E-state index in [-0.39, 0.29) is 6.61 Å². The Balaban J connectivity index is 1.25. The van der Waals surface area contributed by atoms with Crippen molar-refractivity contribution in [2.75, 3.05) is 44.2 Å². The maximum Gasteiger partial charge on any atom is 0.186 e. The van der Waals surface area contributed by atoms with Gasteiger partial charge in [0.05, 0.1) is 10.2 Å². The first-order valence-corrected chi connectivity index (χ1v) is 10.7. The fourth-order valence-electron chi connectivity index (χ4n) is 3.22. The summed E-state index contributed by atoms with van der Waals surface area (Å²) in [6.45, 7) is 4.40. The zero-order chi connectivity index (χ0) is 19.5. The number of thiazole rings is 1. The fraction of sp³-hybridized carbons (Fsp3) is 0.350. The number of β-amino-alcohol motifs (C(OH)–C–C–N with tert-alkyl or cyclic N) is 1. The molecule has 1 aliphatic rings. The van der Waals surface area contributed by atoms with E-state index in [9.17, 15) is 5.11 Å². The van der Waals surface area contributed by atoms with E-state index in [1.54, 1.807) is 35.6 Å². The number of hydrogen-bond acceptors (Lipinski definition) is 6. The average Bonchev–Trinajstić information content (AvgIpc) is 3.11. The molecular weight excluding hydrogens is 417 g/mol. The first-order valence-electron chi connectivity index (χ1n) is 9.17. The second-order valence-electron chi connectivity index (χ2n) is 6.81. The second kappa shape index (κ2) is 8.84. The van der Waals surface area contributed by atoms with E-state index < -0.39 is 6.10 Å². The number of nitrogens with zero attached hydrogens (tertiary/aromatic N) is 3. The third-order valence-electron chi connectivity index (χ3n) is 4.71. The molecule has 1 unspecified atom stereocenters. The maximum atomic E-state index is 10.3. The summed E-state index contributed by atoms with van der Waals surface area (Å²) < 4.78 is 6.74. The largest absolute Gasteiger partial charge is 0.491 e. The molecule has 0 spiro atoms. The quantitative estimate of drug-likeness (QED) is 0.626. The third kappa shape index (κ3) is 4.88. The van der Waals surface area contributed by atoms with Crippen LogP contribution in [0, 0.1) is 0 Å². The summed E-state index contributed by atoms with van der Waals surface area (Å²) in [7, 11) is 0. The van der Waals surface area contributed by atoms with E-state index in [1.807, 2.05) is 18.2 Å². The Morgan fingerprint density at radius 1 is 1.04 bits per heavy atom. The van der Waals surface area contributed by atoms with Gasteiger partial charge in [-0.15, -0.1) is 0 Å². The van der Waals surface area contributed by atoms with Crippen molar-refractivity contribution in [3.8, 4) is 5.75 Å². The zero-order valence-electron chi connectivity index (χ0n) is 15.2. The molecule has 148 valence electrons. The van der Waals surface area contributed by atoms with Gasteiger partial charge in [0.25, 0.3) is 0 Å². The normalized spacial score (nSPS) is 16.5. The van der Waals surface area contributed by atoms with Crippen LogP contribution in [-0.2, 0) is 0 Å². The number of aliphatic hydroxyl groups is 1. The molecule has 0 bridgehead atoms. The lowest BCUT2D eigenvalue weighted by Gasteiger charge is -2.35. The summed E-state index contributed by atoms with van der Waals surface area (Å²) in [5.41, 5.74) is 0.988. The van der Waals surface area contributed by atoms with Crippen LogP contribution in [0.3, 0.4) is 0 Å². The minimum atomic E-state index is -0.535. The molecule has 1 atom stereocenters. The monoisotopic (exact) mass is 437 g/mol. The number of ether oxygens (including phenoxy) is 1. The zero-order valence-corrected chi connectivity index (χ0v) is 17.6. The minimum Gasteiger partial charge on any atom is -0.491 e. The summed E-state index contributed by atoms with van der Waals surface area (Å²) in [6.07, 6.45) is -0.535. The Morgan fingerprint density at radius 2 is 1.75 bits per heavy atom. The van der Waals surface area contributed by atoms with E-state index in [4.69, 9.17) is 32.9 Å². The first kappa shape index (κ1) is 19.7. The molecule has 5 nitrogen and oxygen atoms in total. The van der Waals surface area contributed by atoms with Gasteiger partial charge in [-0.25, -0.2) is 4.98 Å². The molecule has 1 N–H and O–H groups in total. The molecule has 4 rings (SSSR count). The highest BCUT2D eigenvalue weighted by Gasteiger charge is 2.21. The van der Waals surface area contributed by atoms with Crippen molar-refractivity contribution in [1.82, 2.24) is 9.88 Å². The fourth-order valence-corrected chi connectivity index (χ4v) is 4.64. The number of aliphatic hydroxyl groups excluding tert-OH is 1. The minimum absolute atomic E-state index is 0.264. The standard InChI is InChI=1S/C20H21Cl2N3O2S/c21-14-1-4-17(5-2-14)27-13-16(26)12-24-7-9-25(10-8-24)20-23-18-6-3-15(22)11-19(18)28-20/h1-6,11,16,26H,7-10,12-13H2. The van der Waals surface area contributed by atoms with Crippen molar-refractivity contribution in [3.63, 3.8) is 0 Å². The Labute approximate surface area is 178 Å². The van der Waals surface area contributed by atoms with Crippen molar-refractivity contribution in [2.45, 2.75) is 6.10 Å². The van der Waals surface area contributed by atoms with Crippen LogP contribution in [-0.4, -0.2) is 60.4 Å². The van der Waals surface area contributed by atoms with E-state index in [0.717, 1.165) is 46.5 Å². The van der Waals surface area contributed by atoms with Gasteiger partial charge in [-0.1, -0.05) is 34.5 Å². The van der Waals surface area contributed by atoms with E-state index in [1.165, 1.54) is 0 Å². The number of anilines is 1. The van der Waals surface area contributed by atoms with E-state index in [2.05, 4.69) is 9.80 Å². The Bertz CT molecular complexity index is 927. The van der Waals surface area contributed by atoms with Gasteiger partial charge in [-0.2, -0.15) is 0 Å². The molecule has 1 fully saturated rings. The summed E-state index contributed by atoms with van der Waals surface area (Å²) >= 11 is 13.6. The predicted molar refractivity (Wildman–Crippen MR) is 116 cm³/mol. The molecule has 1 aromatic heterocycles. The second-order valence-corrected chi connectivity index (χ2v) is 8.70. The summed E-state index contributed by atoms with van der Waals surface area (Å²) in [6, 6.07) is 13.0. The summed E-state index contributed by atoms with van der Waals surface area (Å²) in [5, 5.41) is 12.7. The van der Waals surface area contributed by atoms with Crippen molar-refractivity contribution < 1.29 is 9.84 Å². The molecule has 2 heterocycles. The Hall–Kier alpha value is -1.57. The van der Waals surface area contributed by atoms with Crippen molar-refractivity contribution >= 4 is 49.9 Å². The van der Waals surface area contributed by atoms with Crippen molar-refractivity contribution in [1.29, 1.82) is 0 Å². The van der Waals surface area contributed by atoms with Gasteiger partial charge in [-0.05, 0) is 42.5 Å². The number of piperazine rings is 1. The summed E-state index contributed by atoms with van der Waals surface area (Å²) in [4.78, 5) is 9.28. The smallest absolute Gasteiger partial charge is 0.186 e. The molecule has 0 saturated carbocycles. The molecular formula is C20H21Cl2N3O2S. The lowest BCUT2D eigenvalue weighted by Crippen LogP contribution is -2.49. The van der Waals surface area contributed by atoms with Gasteiger partial charge in [0.2, 0.25) is 0 Å². The van der Waals surface area contributed by atoms with E-state index in [0.29, 0.717) is 17.3 Å². The molecule has 28 heavy (non-hydrogen) atoms. The van der Waals surface area contributed by atoms with Gasteiger partial charge >= 0.3 is 0 Å². The number of benzene rings is 2. The van der Waals surface area contributed by atoms with Crippen LogP contribution in [0.15, 0.2) is 42.5 Å². The molecule has 0 amide bonds. The van der Waals surface area contributed by atoms with Crippen LogP contribution in [0.2, 0.25) is 10.0 Å². The van der Waals surface area contributed by atoms with Gasteiger partial charge in [0.15, 0.2) is 5.13 Å². The van der Waals surface area contributed by atoms with Crippen LogP contribution in [0.25, 0.3) is 10.2 Å². The number of aromatic nitrogens is 1. The number of halogens is 2. The molecule has 3 aromatic rings. The SMILES string of the molecule is OC(COc1ccc(Cl)cc1)CN1CCN(c2nc3ccc(Cl)cc3s2)CC1. The highest BCUT2D eigenvalue weighted by molar-refractivity contribution is 7.22. The van der Waals surface area contributed by atoms with Crippen LogP contribution in [0.1, 0.15) is 0 Å². The highest BCUT2D eigenvalue weighted by atomic mass is 35.5. The Morgan fingerprint density at radius 3 is 2.50 bits per heavy atom. The lowest BCUT2D eigenvalue weighted by atomic mass is 10.2. The number of fused-ring (bicyclic) bond motifs is 1. The van der Waals surface area contributed by atoms with Gasteiger partial charge in [0.1, 0.15) is 18.5 Å². The maximum absolute atomic E-state index is 10.3. The lowest BCUT2D eigenvalue weighted by molar-refractivity contribution is 0.0663. The van der Waals surface area contributed by atoms with Gasteiger partial charge in [0, 0.05) is 42.8 Å². The van der Waals surface area contributed by atoms with Crippen LogP contribution >= 0.6 is 34.5 Å². The van der Waals surface area contributed by atoms with Crippen molar-refractivity contribution in [2.24, 2.45) is 0 Å². The highest BCUT2D eigenvalue weighted by Crippen LogP contribution is 2.31. The molecule has 0 aliphatic carbocycles.